The van der Waals surface area contributed by atoms with Gasteiger partial charge in [-0.05, 0) is 27.7 Å². The van der Waals surface area contributed by atoms with Gasteiger partial charge in [-0.25, -0.2) is 4.68 Å². The fourth-order valence-electron chi connectivity index (χ4n) is 3.71. The summed E-state index contributed by atoms with van der Waals surface area (Å²) in [5.74, 6) is -1.60. The largest absolute Gasteiger partial charge is 0.348 e. The van der Waals surface area contributed by atoms with Gasteiger partial charge in [0.2, 0.25) is 0 Å². The summed E-state index contributed by atoms with van der Waals surface area (Å²) < 4.78 is 30.8. The van der Waals surface area contributed by atoms with Gasteiger partial charge in [0.15, 0.2) is 36.1 Å². The first-order valence-corrected chi connectivity index (χ1v) is 8.43. The van der Waals surface area contributed by atoms with Crippen molar-refractivity contribution in [2.75, 3.05) is 6.61 Å². The van der Waals surface area contributed by atoms with Gasteiger partial charge in [0.05, 0.1) is 6.61 Å². The fraction of sp³-hybridized carbons (Fsp3) is 0.750. The van der Waals surface area contributed by atoms with Gasteiger partial charge in [-0.1, -0.05) is 5.21 Å². The first kappa shape index (κ1) is 17.7. The van der Waals surface area contributed by atoms with E-state index in [9.17, 15) is 9.59 Å². The van der Waals surface area contributed by atoms with Gasteiger partial charge in [-0.3, -0.25) is 9.59 Å². The number of aromatic nitrogens is 3. The van der Waals surface area contributed by atoms with Crippen molar-refractivity contribution in [1.29, 1.82) is 0 Å². The van der Waals surface area contributed by atoms with Crippen LogP contribution in [0.3, 0.4) is 0 Å². The molecule has 142 valence electrons. The van der Waals surface area contributed by atoms with Gasteiger partial charge in [-0.15, -0.1) is 5.10 Å². The Hall–Kier alpha value is -1.72. The standard InChI is InChI=1S/C16H21N3O7/c1-15(2)22-7-10(24-15)12-11(13-14(23-12)26-16(3,4)25-13)19-9(6-21)8(5-20)17-18-19/h5-6,10-14H,7H2,1-4H3/t10-,11+,12-,13-,14-/m1/s1. The Labute approximate surface area is 149 Å². The molecule has 5 atom stereocenters. The second-order valence-electron chi connectivity index (χ2n) is 7.47. The molecule has 0 aromatic carbocycles. The minimum Gasteiger partial charge on any atom is -0.348 e. The van der Waals surface area contributed by atoms with E-state index in [2.05, 4.69) is 10.3 Å². The van der Waals surface area contributed by atoms with Crippen LogP contribution in [0.2, 0.25) is 0 Å². The Bertz CT molecular complexity index is 731. The van der Waals surface area contributed by atoms with Crippen LogP contribution >= 0.6 is 0 Å². The lowest BCUT2D eigenvalue weighted by Crippen LogP contribution is -2.41. The Kier molecular flexibility index (Phi) is 4.01. The molecule has 10 heteroatoms. The summed E-state index contributed by atoms with van der Waals surface area (Å²) in [6, 6.07) is -0.564. The third-order valence-electron chi connectivity index (χ3n) is 4.71. The molecule has 3 saturated heterocycles. The number of ether oxygens (including phenoxy) is 5. The van der Waals surface area contributed by atoms with E-state index >= 15 is 0 Å². The summed E-state index contributed by atoms with van der Waals surface area (Å²) in [7, 11) is 0. The highest BCUT2D eigenvalue weighted by atomic mass is 16.8. The predicted octanol–water partition coefficient (Wildman–Crippen LogP) is 0.472. The Morgan fingerprint density at radius 1 is 1.04 bits per heavy atom. The molecule has 10 nitrogen and oxygen atoms in total. The van der Waals surface area contributed by atoms with Gasteiger partial charge in [0, 0.05) is 0 Å². The zero-order chi connectivity index (χ0) is 18.7. The smallest absolute Gasteiger partial charge is 0.189 e. The third kappa shape index (κ3) is 2.78. The van der Waals surface area contributed by atoms with E-state index in [1.807, 2.05) is 13.8 Å². The topological polar surface area (TPSA) is 111 Å². The van der Waals surface area contributed by atoms with Crippen LogP contribution in [-0.4, -0.2) is 70.3 Å². The molecule has 0 saturated carbocycles. The maximum atomic E-state index is 11.5. The molecule has 26 heavy (non-hydrogen) atoms. The predicted molar refractivity (Wildman–Crippen MR) is 83.4 cm³/mol. The molecule has 0 aliphatic carbocycles. The van der Waals surface area contributed by atoms with Crippen molar-refractivity contribution in [3.63, 3.8) is 0 Å². The molecule has 1 aromatic heterocycles. The van der Waals surface area contributed by atoms with Crippen LogP contribution < -0.4 is 0 Å². The molecule has 0 N–H and O–H groups in total. The molecular weight excluding hydrogens is 346 g/mol. The fourth-order valence-corrected chi connectivity index (χ4v) is 3.71. The number of rotatable bonds is 4. The van der Waals surface area contributed by atoms with E-state index in [0.717, 1.165) is 0 Å². The summed E-state index contributed by atoms with van der Waals surface area (Å²) in [6.45, 7) is 7.48. The maximum Gasteiger partial charge on any atom is 0.189 e. The molecule has 0 amide bonds. The monoisotopic (exact) mass is 367 g/mol. The quantitative estimate of drug-likeness (QED) is 0.701. The van der Waals surface area contributed by atoms with Crippen LogP contribution in [-0.2, 0) is 23.7 Å². The second kappa shape index (κ2) is 5.89. The van der Waals surface area contributed by atoms with Crippen LogP contribution in [0.25, 0.3) is 0 Å². The van der Waals surface area contributed by atoms with Crippen LogP contribution in [0.4, 0.5) is 0 Å². The van der Waals surface area contributed by atoms with E-state index in [1.165, 1.54) is 4.68 Å². The molecule has 3 fully saturated rings. The number of nitrogens with zero attached hydrogens (tertiary/aromatic N) is 3. The van der Waals surface area contributed by atoms with Crippen molar-refractivity contribution in [3.05, 3.63) is 11.4 Å². The molecule has 3 aliphatic rings. The number of aldehydes is 2. The highest BCUT2D eigenvalue weighted by molar-refractivity contribution is 5.86. The van der Waals surface area contributed by atoms with E-state index < -0.39 is 42.2 Å². The van der Waals surface area contributed by atoms with Crippen molar-refractivity contribution in [2.24, 2.45) is 0 Å². The molecule has 0 radical (unpaired) electrons. The van der Waals surface area contributed by atoms with Gasteiger partial charge in [-0.2, -0.15) is 0 Å². The van der Waals surface area contributed by atoms with Crippen molar-refractivity contribution in [2.45, 2.75) is 69.9 Å². The van der Waals surface area contributed by atoms with Crippen LogP contribution in [0.15, 0.2) is 0 Å². The number of carbonyl (C=O) groups excluding carboxylic acids is 2. The number of hydrogen-bond donors (Lipinski definition) is 0. The number of carbonyl (C=O) groups is 2. The maximum absolute atomic E-state index is 11.5. The van der Waals surface area contributed by atoms with E-state index in [4.69, 9.17) is 23.7 Å². The van der Waals surface area contributed by atoms with Crippen molar-refractivity contribution >= 4 is 12.6 Å². The first-order valence-electron chi connectivity index (χ1n) is 8.43. The lowest BCUT2D eigenvalue weighted by Gasteiger charge is -2.29. The highest BCUT2D eigenvalue weighted by Crippen LogP contribution is 2.46. The minimum atomic E-state index is -0.847. The molecule has 1 aromatic rings. The Balaban J connectivity index is 1.72. The normalized spacial score (nSPS) is 37.6. The van der Waals surface area contributed by atoms with E-state index in [1.54, 1.807) is 13.8 Å². The Morgan fingerprint density at radius 2 is 1.81 bits per heavy atom. The minimum absolute atomic E-state index is 0.0377. The van der Waals surface area contributed by atoms with Gasteiger partial charge in [0.1, 0.15) is 30.0 Å². The molecule has 4 heterocycles. The third-order valence-corrected chi connectivity index (χ3v) is 4.71. The van der Waals surface area contributed by atoms with E-state index in [-0.39, 0.29) is 11.4 Å². The average molecular weight is 367 g/mol. The zero-order valence-electron chi connectivity index (χ0n) is 14.9. The van der Waals surface area contributed by atoms with Crippen molar-refractivity contribution in [1.82, 2.24) is 15.0 Å². The SMILES string of the molecule is CC1(C)O[C@H]2O[C@H]([C@H]3COC(C)(C)O3)[C@H](n3nnc(C=O)c3C=O)[C@H]2O1. The van der Waals surface area contributed by atoms with Crippen LogP contribution in [0.5, 0.6) is 0 Å². The average Bonchev–Trinajstić information content (AvgIpc) is 3.26. The Morgan fingerprint density at radius 3 is 2.42 bits per heavy atom. The number of fused-ring (bicyclic) bond motifs is 1. The molecule has 0 spiro atoms. The summed E-state index contributed by atoms with van der Waals surface area (Å²) in [4.78, 5) is 22.7. The van der Waals surface area contributed by atoms with E-state index in [0.29, 0.717) is 19.2 Å². The summed E-state index contributed by atoms with van der Waals surface area (Å²) >= 11 is 0. The number of hydrogen-bond acceptors (Lipinski definition) is 9. The first-order chi connectivity index (χ1) is 12.2. The lowest BCUT2D eigenvalue weighted by molar-refractivity contribution is -0.226. The van der Waals surface area contributed by atoms with Gasteiger partial charge >= 0.3 is 0 Å². The summed E-state index contributed by atoms with van der Waals surface area (Å²) in [6.07, 6.45) is -1.13. The van der Waals surface area contributed by atoms with Crippen LogP contribution in [0, 0.1) is 0 Å². The molecule has 3 aliphatic heterocycles. The van der Waals surface area contributed by atoms with Gasteiger partial charge in [0.25, 0.3) is 0 Å². The van der Waals surface area contributed by atoms with Gasteiger partial charge < -0.3 is 23.7 Å². The zero-order valence-corrected chi connectivity index (χ0v) is 14.9. The molecule has 0 unspecified atom stereocenters. The molecular formula is C16H21N3O7. The van der Waals surface area contributed by atoms with Crippen LogP contribution in [0.1, 0.15) is 54.7 Å². The van der Waals surface area contributed by atoms with Crippen molar-refractivity contribution < 1.29 is 33.3 Å². The lowest BCUT2D eigenvalue weighted by atomic mass is 10.0. The highest BCUT2D eigenvalue weighted by Gasteiger charge is 2.59. The summed E-state index contributed by atoms with van der Waals surface area (Å²) in [5, 5.41) is 7.78. The van der Waals surface area contributed by atoms with Crippen molar-refractivity contribution in [3.8, 4) is 0 Å². The second-order valence-corrected chi connectivity index (χ2v) is 7.47. The molecule has 0 bridgehead atoms. The summed E-state index contributed by atoms with van der Waals surface area (Å²) in [5.41, 5.74) is 0.0232. The molecule has 4 rings (SSSR count).